The van der Waals surface area contributed by atoms with E-state index in [9.17, 15) is 0 Å². The van der Waals surface area contributed by atoms with Gasteiger partial charge < -0.3 is 9.32 Å². The van der Waals surface area contributed by atoms with Crippen LogP contribution in [-0.4, -0.2) is 0 Å². The van der Waals surface area contributed by atoms with E-state index in [0.29, 0.717) is 5.92 Å². The van der Waals surface area contributed by atoms with Crippen LogP contribution in [0.1, 0.15) is 43.6 Å². The molecule has 0 amide bonds. The molecule has 10 aromatic rings. The Morgan fingerprint density at radius 3 is 1.88 bits per heavy atom. The maximum absolute atomic E-state index is 6.61. The zero-order valence-electron chi connectivity index (χ0n) is 33.6. The number of furan rings is 1. The first-order valence-corrected chi connectivity index (χ1v) is 21.5. The molecule has 0 spiro atoms. The molecule has 0 aliphatic heterocycles. The van der Waals surface area contributed by atoms with Gasteiger partial charge in [-0.3, -0.25) is 0 Å². The lowest BCUT2D eigenvalue weighted by Gasteiger charge is -2.31. The number of hydrogen-bond acceptors (Lipinski definition) is 2. The predicted octanol–water partition coefficient (Wildman–Crippen LogP) is 16.9. The van der Waals surface area contributed by atoms with Crippen LogP contribution in [0.15, 0.2) is 211 Å². The fourth-order valence-electron chi connectivity index (χ4n) is 9.83. The summed E-state index contributed by atoms with van der Waals surface area (Å²) in [6, 6.07) is 75.3. The lowest BCUT2D eigenvalue weighted by molar-refractivity contribution is 0.445. The second-order valence-corrected chi connectivity index (χ2v) is 16.2. The topological polar surface area (TPSA) is 16.4 Å². The monoisotopic (exact) mass is 771 g/mol. The number of benzene rings is 9. The van der Waals surface area contributed by atoms with Gasteiger partial charge in [-0.25, -0.2) is 0 Å². The van der Waals surface area contributed by atoms with Crippen LogP contribution in [-0.2, 0) is 0 Å². The Morgan fingerprint density at radius 2 is 1.03 bits per heavy atom. The summed E-state index contributed by atoms with van der Waals surface area (Å²) in [6.07, 6.45) is 6.43. The van der Waals surface area contributed by atoms with Gasteiger partial charge in [0.2, 0.25) is 0 Å². The Hall–Kier alpha value is -7.16. The van der Waals surface area contributed by atoms with Gasteiger partial charge in [0.15, 0.2) is 0 Å². The van der Waals surface area contributed by atoms with Crippen molar-refractivity contribution < 1.29 is 4.42 Å². The third-order valence-electron chi connectivity index (χ3n) is 12.7. The average Bonchev–Trinajstić information content (AvgIpc) is 3.72. The van der Waals surface area contributed by atoms with Crippen molar-refractivity contribution in [3.8, 4) is 44.5 Å². The summed E-state index contributed by atoms with van der Waals surface area (Å²) in [6.45, 7) is 0. The van der Waals surface area contributed by atoms with E-state index in [1.54, 1.807) is 0 Å². The van der Waals surface area contributed by atoms with Gasteiger partial charge in [0, 0.05) is 33.2 Å². The molecule has 1 aliphatic carbocycles. The van der Waals surface area contributed by atoms with E-state index < -0.39 is 0 Å². The molecule has 0 bridgehead atoms. The number of fused-ring (bicyclic) bond motifs is 4. The van der Waals surface area contributed by atoms with Gasteiger partial charge in [-0.2, -0.15) is 0 Å². The normalized spacial score (nSPS) is 13.3. The van der Waals surface area contributed by atoms with Gasteiger partial charge in [0.25, 0.3) is 0 Å². The van der Waals surface area contributed by atoms with E-state index in [1.807, 2.05) is 6.07 Å². The molecule has 9 aromatic carbocycles. The Bertz CT molecular complexity index is 3130. The van der Waals surface area contributed by atoms with E-state index in [0.717, 1.165) is 55.7 Å². The molecular weight excluding hydrogens is 727 g/mol. The molecule has 288 valence electrons. The molecular formula is C58H45NO. The zero-order valence-corrected chi connectivity index (χ0v) is 33.6. The largest absolute Gasteiger partial charge is 0.455 e. The van der Waals surface area contributed by atoms with Gasteiger partial charge in [-0.05, 0) is 99.3 Å². The van der Waals surface area contributed by atoms with Crippen LogP contribution in [0.3, 0.4) is 0 Å². The summed E-state index contributed by atoms with van der Waals surface area (Å²) in [7, 11) is 0. The van der Waals surface area contributed by atoms with Gasteiger partial charge in [0.05, 0.1) is 11.4 Å². The van der Waals surface area contributed by atoms with Crippen LogP contribution in [0.2, 0.25) is 0 Å². The Kier molecular flexibility index (Phi) is 9.32. The highest BCUT2D eigenvalue weighted by atomic mass is 16.3. The highest BCUT2D eigenvalue weighted by Crippen LogP contribution is 2.49. The van der Waals surface area contributed by atoms with Crippen LogP contribution in [0.25, 0.3) is 77.2 Å². The van der Waals surface area contributed by atoms with E-state index >= 15 is 0 Å². The SMILES string of the molecule is c1ccc(-c2ccc(N(c3cccc(-c4cccc5c4oc4ccccc45)c3)c3ccccc3-c3cccc4cccc(C5CCCCC5)c34)c(-c3ccccc3)c2)cc1. The Labute approximate surface area is 352 Å². The summed E-state index contributed by atoms with van der Waals surface area (Å²) in [5.41, 5.74) is 16.0. The highest BCUT2D eigenvalue weighted by Gasteiger charge is 2.25. The molecule has 1 heterocycles. The molecule has 0 atom stereocenters. The first-order valence-electron chi connectivity index (χ1n) is 21.5. The van der Waals surface area contributed by atoms with Crippen molar-refractivity contribution in [1.82, 2.24) is 0 Å². The Balaban J connectivity index is 1.17. The van der Waals surface area contributed by atoms with Crippen molar-refractivity contribution in [2.24, 2.45) is 0 Å². The first kappa shape index (κ1) is 36.0. The first-order chi connectivity index (χ1) is 29.8. The van der Waals surface area contributed by atoms with Crippen molar-refractivity contribution in [2.75, 3.05) is 4.90 Å². The second-order valence-electron chi connectivity index (χ2n) is 16.2. The Morgan fingerprint density at radius 1 is 0.400 bits per heavy atom. The predicted molar refractivity (Wildman–Crippen MR) is 253 cm³/mol. The fraction of sp³-hybridized carbons (Fsp3) is 0.103. The standard InChI is InChI=1S/C58H45NO/c1-4-18-40(19-5-1)44-36-37-55(53(39-44)42-22-8-3-9-23-42)59(46-27-14-26-45(38-46)48-31-17-33-52-50-29-11-13-35-56(50)60-58(48)52)54-34-12-10-28-49(54)51-32-16-25-43-24-15-30-47(57(43)51)41-20-6-2-7-21-41/h1,3-5,8-19,22-39,41H,2,6-7,20-21H2. The molecule has 0 radical (unpaired) electrons. The minimum atomic E-state index is 0.569. The van der Waals surface area contributed by atoms with Crippen LogP contribution in [0.4, 0.5) is 17.1 Å². The molecule has 11 rings (SSSR count). The summed E-state index contributed by atoms with van der Waals surface area (Å²) in [5.74, 6) is 0.569. The van der Waals surface area contributed by atoms with Gasteiger partial charge in [0.1, 0.15) is 11.2 Å². The lowest BCUT2D eigenvalue weighted by atomic mass is 9.80. The van der Waals surface area contributed by atoms with E-state index in [4.69, 9.17) is 4.42 Å². The molecule has 2 nitrogen and oxygen atoms in total. The minimum Gasteiger partial charge on any atom is -0.455 e. The smallest absolute Gasteiger partial charge is 0.143 e. The number of para-hydroxylation sites is 3. The zero-order chi connectivity index (χ0) is 39.8. The van der Waals surface area contributed by atoms with Crippen molar-refractivity contribution in [2.45, 2.75) is 38.0 Å². The maximum Gasteiger partial charge on any atom is 0.143 e. The second kappa shape index (κ2) is 15.5. The third-order valence-corrected chi connectivity index (χ3v) is 12.7. The molecule has 2 heteroatoms. The average molecular weight is 772 g/mol. The molecule has 1 saturated carbocycles. The van der Waals surface area contributed by atoms with E-state index in [-0.39, 0.29) is 0 Å². The van der Waals surface area contributed by atoms with Crippen molar-refractivity contribution in [3.63, 3.8) is 0 Å². The summed E-state index contributed by atoms with van der Waals surface area (Å²) < 4.78 is 6.61. The van der Waals surface area contributed by atoms with Crippen molar-refractivity contribution in [3.05, 3.63) is 212 Å². The summed E-state index contributed by atoms with van der Waals surface area (Å²) >= 11 is 0. The van der Waals surface area contributed by atoms with Crippen LogP contribution in [0.5, 0.6) is 0 Å². The third kappa shape index (κ3) is 6.46. The fourth-order valence-corrected chi connectivity index (χ4v) is 9.83. The van der Waals surface area contributed by atoms with E-state index in [2.05, 4.69) is 205 Å². The number of nitrogens with zero attached hydrogens (tertiary/aromatic N) is 1. The van der Waals surface area contributed by atoms with Crippen LogP contribution < -0.4 is 4.90 Å². The molecule has 0 unspecified atom stereocenters. The number of rotatable bonds is 8. The van der Waals surface area contributed by atoms with Crippen molar-refractivity contribution in [1.29, 1.82) is 0 Å². The highest BCUT2D eigenvalue weighted by molar-refractivity contribution is 6.10. The molecule has 1 aliphatic rings. The van der Waals surface area contributed by atoms with Crippen LogP contribution >= 0.6 is 0 Å². The quantitative estimate of drug-likeness (QED) is 0.153. The number of hydrogen-bond donors (Lipinski definition) is 0. The van der Waals surface area contributed by atoms with Gasteiger partial charge in [-0.1, -0.05) is 189 Å². The maximum atomic E-state index is 6.61. The minimum absolute atomic E-state index is 0.569. The van der Waals surface area contributed by atoms with Gasteiger partial charge >= 0.3 is 0 Å². The number of anilines is 3. The molecule has 0 N–H and O–H groups in total. The molecule has 1 aromatic heterocycles. The summed E-state index contributed by atoms with van der Waals surface area (Å²) in [5, 5.41) is 4.94. The molecule has 1 fully saturated rings. The van der Waals surface area contributed by atoms with Crippen molar-refractivity contribution >= 4 is 49.8 Å². The summed E-state index contributed by atoms with van der Waals surface area (Å²) in [4.78, 5) is 2.50. The molecule has 60 heavy (non-hydrogen) atoms. The van der Waals surface area contributed by atoms with Gasteiger partial charge in [-0.15, -0.1) is 0 Å². The van der Waals surface area contributed by atoms with E-state index in [1.165, 1.54) is 76.3 Å². The lowest BCUT2D eigenvalue weighted by Crippen LogP contribution is -2.13. The van der Waals surface area contributed by atoms with Crippen LogP contribution in [0, 0.1) is 0 Å². The molecule has 0 saturated heterocycles.